The second-order valence-corrected chi connectivity index (χ2v) is 5.38. The summed E-state index contributed by atoms with van der Waals surface area (Å²) < 4.78 is 5.16. The summed E-state index contributed by atoms with van der Waals surface area (Å²) in [5.41, 5.74) is 0.0368. The molecule has 1 fully saturated rings. The van der Waals surface area contributed by atoms with E-state index in [1.165, 1.54) is 0 Å². The number of nitrogens with zero attached hydrogens (tertiary/aromatic N) is 1. The topological polar surface area (TPSA) is 84.2 Å². The first-order valence-electron chi connectivity index (χ1n) is 7.19. The largest absolute Gasteiger partial charge is 0.467 e. The van der Waals surface area contributed by atoms with Gasteiger partial charge in [-0.2, -0.15) is 0 Å². The number of furan rings is 1. The monoisotopic (exact) mass is 299 g/mol. The molecular formula is C16H17N3O3. The Morgan fingerprint density at radius 2 is 1.77 bits per heavy atom. The maximum absolute atomic E-state index is 12.3. The Kier molecular flexibility index (Phi) is 3.91. The lowest BCUT2D eigenvalue weighted by molar-refractivity contribution is -0.137. The first-order chi connectivity index (χ1) is 10.7. The lowest BCUT2D eigenvalue weighted by Gasteiger charge is -2.15. The molecule has 114 valence electrons. The van der Waals surface area contributed by atoms with Crippen molar-refractivity contribution in [3.63, 3.8) is 0 Å². The third kappa shape index (κ3) is 3.00. The van der Waals surface area contributed by atoms with Gasteiger partial charge in [0.2, 0.25) is 11.8 Å². The molecule has 2 aromatic rings. The van der Waals surface area contributed by atoms with Gasteiger partial charge in [0, 0.05) is 18.9 Å². The van der Waals surface area contributed by atoms with Gasteiger partial charge < -0.3 is 15.1 Å². The Balaban J connectivity index is 1.53. The fraction of sp³-hybridized carbons (Fsp3) is 0.312. The van der Waals surface area contributed by atoms with Crippen molar-refractivity contribution in [2.75, 3.05) is 0 Å². The Morgan fingerprint density at radius 3 is 2.36 bits per heavy atom. The zero-order chi connectivity index (χ0) is 15.4. The molecule has 22 heavy (non-hydrogen) atoms. The van der Waals surface area contributed by atoms with E-state index in [-0.39, 0.29) is 11.8 Å². The molecule has 0 aliphatic heterocycles. The zero-order valence-corrected chi connectivity index (χ0v) is 12.0. The molecule has 0 unspecified atom stereocenters. The SMILES string of the molecule is O=C(NCc1ccncc1)C1(C(=O)NCc2ccco2)CC1. The minimum atomic E-state index is -0.917. The van der Waals surface area contributed by atoms with Crippen molar-refractivity contribution in [2.45, 2.75) is 25.9 Å². The summed E-state index contributed by atoms with van der Waals surface area (Å²) in [6, 6.07) is 7.20. The highest BCUT2D eigenvalue weighted by Crippen LogP contribution is 2.46. The van der Waals surface area contributed by atoms with E-state index in [2.05, 4.69) is 15.6 Å². The summed E-state index contributed by atoms with van der Waals surface area (Å²) in [7, 11) is 0. The van der Waals surface area contributed by atoms with Gasteiger partial charge in [0.25, 0.3) is 0 Å². The molecule has 1 aliphatic rings. The van der Waals surface area contributed by atoms with Gasteiger partial charge in [-0.25, -0.2) is 0 Å². The van der Waals surface area contributed by atoms with Crippen LogP contribution in [0.15, 0.2) is 47.3 Å². The number of nitrogens with one attached hydrogen (secondary N) is 2. The Hall–Kier alpha value is -2.63. The summed E-state index contributed by atoms with van der Waals surface area (Å²) in [6.07, 6.45) is 6.06. The highest BCUT2D eigenvalue weighted by atomic mass is 16.3. The molecule has 0 spiro atoms. The van der Waals surface area contributed by atoms with Crippen LogP contribution in [0.4, 0.5) is 0 Å². The number of pyridine rings is 1. The molecule has 2 aromatic heterocycles. The predicted octanol–water partition coefficient (Wildman–Crippen LogP) is 1.39. The molecule has 3 rings (SSSR count). The third-order valence-electron chi connectivity index (χ3n) is 3.82. The van der Waals surface area contributed by atoms with E-state index in [1.54, 1.807) is 30.8 Å². The van der Waals surface area contributed by atoms with Crippen LogP contribution in [-0.4, -0.2) is 16.8 Å². The fourth-order valence-electron chi connectivity index (χ4n) is 2.28. The van der Waals surface area contributed by atoms with E-state index in [1.807, 2.05) is 12.1 Å². The van der Waals surface area contributed by atoms with Crippen LogP contribution >= 0.6 is 0 Å². The van der Waals surface area contributed by atoms with Crippen LogP contribution in [0, 0.1) is 5.41 Å². The molecule has 0 bridgehead atoms. The summed E-state index contributed by atoms with van der Waals surface area (Å²) in [5, 5.41) is 5.59. The van der Waals surface area contributed by atoms with Gasteiger partial charge in [0.05, 0.1) is 12.8 Å². The van der Waals surface area contributed by atoms with Gasteiger partial charge in [0.1, 0.15) is 11.2 Å². The number of hydrogen-bond donors (Lipinski definition) is 2. The lowest BCUT2D eigenvalue weighted by Crippen LogP contribution is -2.42. The van der Waals surface area contributed by atoms with E-state index >= 15 is 0 Å². The molecule has 1 saturated carbocycles. The van der Waals surface area contributed by atoms with Crippen LogP contribution in [-0.2, 0) is 22.7 Å². The Labute approximate surface area is 127 Å². The van der Waals surface area contributed by atoms with Crippen LogP contribution in [0.2, 0.25) is 0 Å². The highest BCUT2D eigenvalue weighted by Gasteiger charge is 2.56. The molecule has 2 N–H and O–H groups in total. The van der Waals surface area contributed by atoms with Crippen LogP contribution < -0.4 is 10.6 Å². The van der Waals surface area contributed by atoms with E-state index in [0.717, 1.165) is 5.56 Å². The van der Waals surface area contributed by atoms with Crippen LogP contribution in [0.1, 0.15) is 24.2 Å². The van der Waals surface area contributed by atoms with Crippen LogP contribution in [0.5, 0.6) is 0 Å². The van der Waals surface area contributed by atoms with Crippen molar-refractivity contribution >= 4 is 11.8 Å². The summed E-state index contributed by atoms with van der Waals surface area (Å²) >= 11 is 0. The zero-order valence-electron chi connectivity index (χ0n) is 12.0. The average Bonchev–Trinajstić information content (AvgIpc) is 3.21. The van der Waals surface area contributed by atoms with Gasteiger partial charge in [-0.3, -0.25) is 14.6 Å². The molecule has 0 atom stereocenters. The second-order valence-electron chi connectivity index (χ2n) is 5.38. The number of carbonyl (C=O) groups is 2. The number of amides is 2. The van der Waals surface area contributed by atoms with Crippen molar-refractivity contribution in [1.82, 2.24) is 15.6 Å². The maximum Gasteiger partial charge on any atom is 0.236 e. The minimum absolute atomic E-state index is 0.221. The molecular weight excluding hydrogens is 282 g/mol. The van der Waals surface area contributed by atoms with Crippen molar-refractivity contribution in [1.29, 1.82) is 0 Å². The van der Waals surface area contributed by atoms with E-state index < -0.39 is 5.41 Å². The van der Waals surface area contributed by atoms with Gasteiger partial charge in [0.15, 0.2) is 0 Å². The first-order valence-corrected chi connectivity index (χ1v) is 7.19. The van der Waals surface area contributed by atoms with Gasteiger partial charge in [-0.15, -0.1) is 0 Å². The first kappa shape index (κ1) is 14.3. The quantitative estimate of drug-likeness (QED) is 0.789. The molecule has 2 heterocycles. The number of rotatable bonds is 6. The molecule has 0 saturated heterocycles. The van der Waals surface area contributed by atoms with Crippen molar-refractivity contribution in [3.05, 3.63) is 54.2 Å². The van der Waals surface area contributed by atoms with Crippen molar-refractivity contribution < 1.29 is 14.0 Å². The van der Waals surface area contributed by atoms with Crippen molar-refractivity contribution in [2.24, 2.45) is 5.41 Å². The van der Waals surface area contributed by atoms with E-state index in [9.17, 15) is 9.59 Å². The second kappa shape index (κ2) is 6.01. The normalized spacial score (nSPS) is 15.1. The highest BCUT2D eigenvalue weighted by molar-refractivity contribution is 6.07. The predicted molar refractivity (Wildman–Crippen MR) is 78.3 cm³/mol. The molecule has 0 aromatic carbocycles. The summed E-state index contributed by atoms with van der Waals surface area (Å²) in [5.74, 6) is 0.207. The fourth-order valence-corrected chi connectivity index (χ4v) is 2.28. The van der Waals surface area contributed by atoms with Gasteiger partial charge in [-0.1, -0.05) is 0 Å². The Bertz CT molecular complexity index is 649. The molecule has 2 amide bonds. The van der Waals surface area contributed by atoms with Crippen molar-refractivity contribution in [3.8, 4) is 0 Å². The van der Waals surface area contributed by atoms with E-state index in [4.69, 9.17) is 4.42 Å². The minimum Gasteiger partial charge on any atom is -0.467 e. The van der Waals surface area contributed by atoms with Crippen LogP contribution in [0.25, 0.3) is 0 Å². The smallest absolute Gasteiger partial charge is 0.236 e. The molecule has 1 aliphatic carbocycles. The third-order valence-corrected chi connectivity index (χ3v) is 3.82. The van der Waals surface area contributed by atoms with Gasteiger partial charge in [-0.05, 0) is 42.7 Å². The molecule has 6 nitrogen and oxygen atoms in total. The number of hydrogen-bond acceptors (Lipinski definition) is 4. The summed E-state index contributed by atoms with van der Waals surface area (Å²) in [4.78, 5) is 28.5. The van der Waals surface area contributed by atoms with Gasteiger partial charge >= 0.3 is 0 Å². The maximum atomic E-state index is 12.3. The average molecular weight is 299 g/mol. The lowest BCUT2D eigenvalue weighted by atomic mass is 10.1. The van der Waals surface area contributed by atoms with Crippen LogP contribution in [0.3, 0.4) is 0 Å². The standard InChI is InChI=1S/C16H17N3O3/c20-14(18-10-12-3-7-17-8-4-12)16(5-6-16)15(21)19-11-13-2-1-9-22-13/h1-4,7-9H,5-6,10-11H2,(H,18,20)(H,19,21). The molecule has 0 radical (unpaired) electrons. The number of aromatic nitrogens is 1. The number of carbonyl (C=O) groups excluding carboxylic acids is 2. The van der Waals surface area contributed by atoms with E-state index in [0.29, 0.717) is 31.7 Å². The Morgan fingerprint density at radius 1 is 1.09 bits per heavy atom. The molecule has 6 heteroatoms. The summed E-state index contributed by atoms with van der Waals surface area (Å²) in [6.45, 7) is 0.694.